The van der Waals surface area contributed by atoms with Crippen LogP contribution in [0.25, 0.3) is 0 Å². The number of hydrogen-bond donors (Lipinski definition) is 0. The van der Waals surface area contributed by atoms with E-state index in [-0.39, 0.29) is 16.3 Å². The molecule has 0 aromatic heterocycles. The van der Waals surface area contributed by atoms with Gasteiger partial charge < -0.3 is 4.18 Å². The van der Waals surface area contributed by atoms with Crippen LogP contribution in [0.2, 0.25) is 0 Å². The average Bonchev–Trinajstić information content (AvgIpc) is 2.39. The Morgan fingerprint density at radius 2 is 1.55 bits per heavy atom. The van der Waals surface area contributed by atoms with Gasteiger partial charge in [-0.05, 0) is 36.4 Å². The molecular weight excluding hydrogens is 350 g/mol. The van der Waals surface area contributed by atoms with Gasteiger partial charge in [0.25, 0.3) is 5.69 Å². The first kappa shape index (κ1) is 14.5. The third-order valence-corrected chi connectivity index (χ3v) is 4.15. The number of non-ortho nitro benzene ring substituents is 1. The van der Waals surface area contributed by atoms with Crippen molar-refractivity contribution in [3.63, 3.8) is 0 Å². The molecule has 0 aliphatic rings. The molecule has 0 saturated carbocycles. The molecule has 0 radical (unpaired) electrons. The number of nitro benzene ring substituents is 1. The molecule has 0 bridgehead atoms. The maximum absolute atomic E-state index is 12.0. The van der Waals surface area contributed by atoms with E-state index >= 15 is 0 Å². The van der Waals surface area contributed by atoms with Crippen molar-refractivity contribution in [2.75, 3.05) is 0 Å². The van der Waals surface area contributed by atoms with Crippen molar-refractivity contribution < 1.29 is 17.5 Å². The standard InChI is InChI=1S/C12H8BrNO5S/c13-9-1-7-12(8-2-9)20(17,18)19-11-5-3-10(4-6-11)14(15)16/h1-8H. The van der Waals surface area contributed by atoms with Crippen LogP contribution < -0.4 is 4.18 Å². The Morgan fingerprint density at radius 1 is 1.00 bits per heavy atom. The van der Waals surface area contributed by atoms with E-state index in [2.05, 4.69) is 15.9 Å². The second-order valence-corrected chi connectivity index (χ2v) is 6.20. The molecule has 8 heteroatoms. The van der Waals surface area contributed by atoms with Crippen LogP contribution in [0, 0.1) is 10.1 Å². The van der Waals surface area contributed by atoms with E-state index in [0.29, 0.717) is 0 Å². The molecule has 0 saturated heterocycles. The summed E-state index contributed by atoms with van der Waals surface area (Å²) in [5, 5.41) is 10.5. The van der Waals surface area contributed by atoms with Gasteiger partial charge in [-0.2, -0.15) is 8.42 Å². The molecule has 0 fully saturated rings. The van der Waals surface area contributed by atoms with E-state index in [4.69, 9.17) is 4.18 Å². The maximum Gasteiger partial charge on any atom is 0.339 e. The first-order valence-electron chi connectivity index (χ1n) is 5.33. The third-order valence-electron chi connectivity index (χ3n) is 2.36. The summed E-state index contributed by atoms with van der Waals surface area (Å²) >= 11 is 3.20. The zero-order valence-electron chi connectivity index (χ0n) is 9.89. The molecule has 6 nitrogen and oxygen atoms in total. The minimum Gasteiger partial charge on any atom is -0.379 e. The molecule has 0 N–H and O–H groups in total. The Morgan fingerprint density at radius 3 is 2.05 bits per heavy atom. The zero-order valence-corrected chi connectivity index (χ0v) is 12.3. The summed E-state index contributed by atoms with van der Waals surface area (Å²) < 4.78 is 29.6. The second-order valence-electron chi connectivity index (χ2n) is 3.74. The fraction of sp³-hybridized carbons (Fsp3) is 0. The van der Waals surface area contributed by atoms with Crippen molar-refractivity contribution in [3.05, 3.63) is 63.1 Å². The summed E-state index contributed by atoms with van der Waals surface area (Å²) in [6.45, 7) is 0. The van der Waals surface area contributed by atoms with E-state index in [9.17, 15) is 18.5 Å². The van der Waals surface area contributed by atoms with Crippen molar-refractivity contribution >= 4 is 31.7 Å². The minimum atomic E-state index is -3.95. The fourth-order valence-electron chi connectivity index (χ4n) is 1.40. The highest BCUT2D eigenvalue weighted by atomic mass is 79.9. The van der Waals surface area contributed by atoms with Crippen molar-refractivity contribution in [3.8, 4) is 5.75 Å². The first-order chi connectivity index (χ1) is 9.38. The van der Waals surface area contributed by atoms with Crippen LogP contribution in [0.15, 0.2) is 57.9 Å². The van der Waals surface area contributed by atoms with Crippen molar-refractivity contribution in [1.82, 2.24) is 0 Å². The van der Waals surface area contributed by atoms with E-state index in [0.717, 1.165) is 4.47 Å². The number of nitro groups is 1. The van der Waals surface area contributed by atoms with Crippen LogP contribution in [0.5, 0.6) is 5.75 Å². The highest BCUT2D eigenvalue weighted by Crippen LogP contribution is 2.22. The lowest BCUT2D eigenvalue weighted by Crippen LogP contribution is -2.09. The number of benzene rings is 2. The summed E-state index contributed by atoms with van der Waals surface area (Å²) in [5.41, 5.74) is -0.140. The van der Waals surface area contributed by atoms with Crippen LogP contribution >= 0.6 is 15.9 Å². The van der Waals surface area contributed by atoms with Gasteiger partial charge in [0.1, 0.15) is 10.6 Å². The monoisotopic (exact) mass is 357 g/mol. The van der Waals surface area contributed by atoms with Gasteiger partial charge in [-0.1, -0.05) is 15.9 Å². The lowest BCUT2D eigenvalue weighted by atomic mass is 10.3. The predicted octanol–water partition coefficient (Wildman–Crippen LogP) is 3.13. The molecular formula is C12H8BrNO5S. The van der Waals surface area contributed by atoms with Crippen molar-refractivity contribution in [2.45, 2.75) is 4.90 Å². The lowest BCUT2D eigenvalue weighted by molar-refractivity contribution is -0.384. The van der Waals surface area contributed by atoms with Gasteiger partial charge in [0, 0.05) is 16.6 Å². The van der Waals surface area contributed by atoms with Gasteiger partial charge >= 0.3 is 10.1 Å². The molecule has 0 amide bonds. The van der Waals surface area contributed by atoms with Gasteiger partial charge in [0.05, 0.1) is 4.92 Å². The number of halogens is 1. The van der Waals surface area contributed by atoms with Crippen LogP contribution in [-0.2, 0) is 10.1 Å². The quantitative estimate of drug-likeness (QED) is 0.476. The summed E-state index contributed by atoms with van der Waals surface area (Å²) in [6.07, 6.45) is 0. The van der Waals surface area contributed by atoms with Crippen LogP contribution in [0.3, 0.4) is 0 Å². The molecule has 20 heavy (non-hydrogen) atoms. The van der Waals surface area contributed by atoms with E-state index < -0.39 is 15.0 Å². The summed E-state index contributed by atoms with van der Waals surface area (Å²) in [7, 11) is -3.95. The van der Waals surface area contributed by atoms with E-state index in [1.54, 1.807) is 12.1 Å². The van der Waals surface area contributed by atoms with Gasteiger partial charge in [0.15, 0.2) is 0 Å². The van der Waals surface area contributed by atoms with Gasteiger partial charge in [-0.3, -0.25) is 10.1 Å². The first-order valence-corrected chi connectivity index (χ1v) is 7.53. The lowest BCUT2D eigenvalue weighted by Gasteiger charge is -2.06. The van der Waals surface area contributed by atoms with Crippen LogP contribution in [0.1, 0.15) is 0 Å². The Labute approximate surface area is 123 Å². The molecule has 2 aromatic carbocycles. The molecule has 0 unspecified atom stereocenters. The average molecular weight is 358 g/mol. The van der Waals surface area contributed by atoms with Gasteiger partial charge in [-0.25, -0.2) is 0 Å². The highest BCUT2D eigenvalue weighted by molar-refractivity contribution is 9.10. The highest BCUT2D eigenvalue weighted by Gasteiger charge is 2.17. The SMILES string of the molecule is O=[N+]([O-])c1ccc(OS(=O)(=O)c2ccc(Br)cc2)cc1. The summed E-state index contributed by atoms with van der Waals surface area (Å²) in [6, 6.07) is 10.7. The predicted molar refractivity (Wildman–Crippen MR) is 75.1 cm³/mol. The van der Waals surface area contributed by atoms with Crippen molar-refractivity contribution in [2.24, 2.45) is 0 Å². The topological polar surface area (TPSA) is 86.5 Å². The number of hydrogen-bond acceptors (Lipinski definition) is 5. The molecule has 0 aliphatic heterocycles. The van der Waals surface area contributed by atoms with Gasteiger partial charge in [0.2, 0.25) is 0 Å². The smallest absolute Gasteiger partial charge is 0.339 e. The Balaban J connectivity index is 2.24. The number of nitrogens with zero attached hydrogens (tertiary/aromatic N) is 1. The molecule has 0 aliphatic carbocycles. The Hall–Kier alpha value is -1.93. The summed E-state index contributed by atoms with van der Waals surface area (Å²) in [5.74, 6) is 0.0125. The second kappa shape index (κ2) is 5.59. The normalized spacial score (nSPS) is 11.1. The largest absolute Gasteiger partial charge is 0.379 e. The van der Waals surface area contributed by atoms with Crippen molar-refractivity contribution in [1.29, 1.82) is 0 Å². The number of rotatable bonds is 4. The molecule has 104 valence electrons. The Kier molecular flexibility index (Phi) is 4.05. The molecule has 0 atom stereocenters. The molecule has 0 heterocycles. The van der Waals surface area contributed by atoms with Crippen LogP contribution in [-0.4, -0.2) is 13.3 Å². The fourth-order valence-corrected chi connectivity index (χ4v) is 2.59. The Bertz CT molecular complexity index is 725. The van der Waals surface area contributed by atoms with Gasteiger partial charge in [-0.15, -0.1) is 0 Å². The third kappa shape index (κ3) is 3.34. The molecule has 2 aromatic rings. The van der Waals surface area contributed by atoms with E-state index in [1.165, 1.54) is 36.4 Å². The zero-order chi connectivity index (χ0) is 14.8. The van der Waals surface area contributed by atoms with Crippen LogP contribution in [0.4, 0.5) is 5.69 Å². The molecule has 2 rings (SSSR count). The van der Waals surface area contributed by atoms with E-state index in [1.807, 2.05) is 0 Å². The molecule has 0 spiro atoms. The summed E-state index contributed by atoms with van der Waals surface area (Å²) in [4.78, 5) is 9.92. The maximum atomic E-state index is 12.0. The minimum absolute atomic E-state index is 0.000877.